The molecule has 0 radical (unpaired) electrons. The summed E-state index contributed by atoms with van der Waals surface area (Å²) in [6.45, 7) is 0. The van der Waals surface area contributed by atoms with Crippen LogP contribution in [0.15, 0.2) is 144 Å². The fourth-order valence-electron chi connectivity index (χ4n) is 7.65. The molecule has 4 nitrogen and oxygen atoms in total. The Bertz CT molecular complexity index is 3570. The molecule has 2 aliphatic rings. The summed E-state index contributed by atoms with van der Waals surface area (Å²) >= 11 is 0. The molecule has 2 aromatic heterocycles. The van der Waals surface area contributed by atoms with Gasteiger partial charge in [0.15, 0.2) is 0 Å². The molecule has 2 fully saturated rings. The van der Waals surface area contributed by atoms with Crippen LogP contribution in [-0.4, -0.2) is 15.4 Å². The van der Waals surface area contributed by atoms with Gasteiger partial charge in [0.1, 0.15) is 11.2 Å². The van der Waals surface area contributed by atoms with Crippen molar-refractivity contribution >= 4 is 21.9 Å². The summed E-state index contributed by atoms with van der Waals surface area (Å²) in [6.07, 6.45) is -36.5. The predicted octanol–water partition coefficient (Wildman–Crippen LogP) is 14.2. The minimum absolute atomic E-state index is 0.111. The molecule has 0 bridgehead atoms. The van der Waals surface area contributed by atoms with Gasteiger partial charge in [0, 0.05) is 49.3 Å². The summed E-state index contributed by atoms with van der Waals surface area (Å²) in [7, 11) is 0. The molecule has 0 N–H and O–H groups in total. The van der Waals surface area contributed by atoms with Gasteiger partial charge in [-0.2, -0.15) is 0 Å². The van der Waals surface area contributed by atoms with Gasteiger partial charge < -0.3 is 4.42 Å². The first-order chi connectivity index (χ1) is 34.9. The molecular formula is C51H45N3O. The Morgan fingerprint density at radius 2 is 1.18 bits per heavy atom. The maximum Gasteiger partial charge on any atom is 0.136 e. The zero-order chi connectivity index (χ0) is 54.5. The quantitative estimate of drug-likeness (QED) is 0.164. The minimum Gasteiger partial charge on any atom is -0.456 e. The third-order valence-corrected chi connectivity index (χ3v) is 9.95. The van der Waals surface area contributed by atoms with Gasteiger partial charge in [0.05, 0.1) is 11.9 Å². The van der Waals surface area contributed by atoms with E-state index in [1.54, 1.807) is 42.5 Å². The zero-order valence-corrected chi connectivity index (χ0v) is 29.2. The second-order valence-electron chi connectivity index (χ2n) is 13.0. The maximum absolute atomic E-state index is 10.5. The van der Waals surface area contributed by atoms with Crippen LogP contribution in [0.25, 0.3) is 77.7 Å². The van der Waals surface area contributed by atoms with Crippen LogP contribution in [-0.2, 0) is 0 Å². The highest BCUT2D eigenvalue weighted by Gasteiger charge is 2.31. The van der Waals surface area contributed by atoms with Crippen molar-refractivity contribution in [1.82, 2.24) is 15.4 Å². The van der Waals surface area contributed by atoms with Crippen LogP contribution in [0.1, 0.15) is 114 Å². The molecule has 2 saturated carbocycles. The van der Waals surface area contributed by atoms with E-state index in [1.165, 1.54) is 12.1 Å². The van der Waals surface area contributed by atoms with E-state index in [9.17, 15) is 11.0 Å². The van der Waals surface area contributed by atoms with Crippen molar-refractivity contribution in [2.24, 2.45) is 0 Å². The van der Waals surface area contributed by atoms with E-state index in [4.69, 9.17) is 20.9 Å². The highest BCUT2D eigenvalue weighted by molar-refractivity contribution is 6.18. The lowest BCUT2D eigenvalue weighted by atomic mass is 9.72. The van der Waals surface area contributed by atoms with E-state index in [2.05, 4.69) is 15.4 Å². The average Bonchev–Trinajstić information content (AvgIpc) is 3.88. The molecule has 2 heterocycles. The number of aromatic nitrogens is 3. The van der Waals surface area contributed by atoms with Gasteiger partial charge in [-0.25, -0.2) is 0 Å². The molecule has 0 amide bonds. The van der Waals surface area contributed by atoms with Gasteiger partial charge in [-0.3, -0.25) is 0 Å². The van der Waals surface area contributed by atoms with Gasteiger partial charge in [-0.1, -0.05) is 147 Å². The first-order valence-corrected chi connectivity index (χ1v) is 17.8. The number of rotatable bonds is 7. The zero-order valence-electron chi connectivity index (χ0n) is 49.2. The van der Waals surface area contributed by atoms with Crippen LogP contribution in [0.2, 0.25) is 0 Å². The summed E-state index contributed by atoms with van der Waals surface area (Å²) in [6, 6.07) is 38.3. The molecule has 10 rings (SSSR count). The molecule has 4 atom stereocenters. The molecular weight excluding hydrogens is 671 g/mol. The van der Waals surface area contributed by atoms with Crippen LogP contribution < -0.4 is 0 Å². The Morgan fingerprint density at radius 1 is 0.527 bits per heavy atom. The van der Waals surface area contributed by atoms with E-state index in [1.807, 2.05) is 72.8 Å². The van der Waals surface area contributed by atoms with Gasteiger partial charge in [-0.15, -0.1) is 10.2 Å². The monoisotopic (exact) mass is 735 g/mol. The normalized spacial score (nSPS) is 35.5. The number of hydrogen-bond donors (Lipinski definition) is 0. The van der Waals surface area contributed by atoms with E-state index in [0.29, 0.717) is 33.0 Å². The first kappa shape index (κ1) is 18.6. The second-order valence-corrected chi connectivity index (χ2v) is 13.0. The van der Waals surface area contributed by atoms with Crippen molar-refractivity contribution < 1.29 is 31.8 Å². The highest BCUT2D eigenvalue weighted by Crippen LogP contribution is 2.52. The van der Waals surface area contributed by atoms with Gasteiger partial charge >= 0.3 is 0 Å². The van der Waals surface area contributed by atoms with Crippen molar-refractivity contribution in [3.05, 3.63) is 151 Å². The van der Waals surface area contributed by atoms with Crippen molar-refractivity contribution in [3.63, 3.8) is 0 Å². The Morgan fingerprint density at radius 3 is 1.96 bits per heavy atom. The molecule has 270 valence electrons. The maximum atomic E-state index is 10.5. The predicted molar refractivity (Wildman–Crippen MR) is 226 cm³/mol. The van der Waals surface area contributed by atoms with Crippen molar-refractivity contribution in [1.29, 1.82) is 0 Å². The Hall–Kier alpha value is -5.87. The number of hydrogen-bond acceptors (Lipinski definition) is 4. The van der Waals surface area contributed by atoms with Crippen LogP contribution in [0, 0.1) is 0 Å². The lowest BCUT2D eigenvalue weighted by molar-refractivity contribution is 0.419. The van der Waals surface area contributed by atoms with Crippen molar-refractivity contribution in [2.75, 3.05) is 0 Å². The van der Waals surface area contributed by atoms with Crippen LogP contribution in [0.3, 0.4) is 0 Å². The number of fused-ring (bicyclic) bond motifs is 3. The largest absolute Gasteiger partial charge is 0.456 e. The number of furan rings is 1. The molecule has 6 aromatic carbocycles. The number of nitrogens with zero attached hydrogens (tertiary/aromatic N) is 3. The summed E-state index contributed by atoms with van der Waals surface area (Å²) in [4.78, 5) is 0. The molecule has 0 spiro atoms. The van der Waals surface area contributed by atoms with E-state index < -0.39 is 97.9 Å². The molecule has 0 aliphatic heterocycles. The van der Waals surface area contributed by atoms with Gasteiger partial charge in [-0.05, 0) is 117 Å². The Labute approximate surface area is 351 Å². The molecule has 8 aromatic rings. The summed E-state index contributed by atoms with van der Waals surface area (Å²) in [5.74, 6) is -7.69. The van der Waals surface area contributed by atoms with E-state index in [-0.39, 0.29) is 16.7 Å². The minimum atomic E-state index is -4.10. The second kappa shape index (κ2) is 14.8. The molecule has 55 heavy (non-hydrogen) atoms. The lowest BCUT2D eigenvalue weighted by Gasteiger charge is -2.33. The highest BCUT2D eigenvalue weighted by atomic mass is 16.3. The topological polar surface area (TPSA) is 51.8 Å². The lowest BCUT2D eigenvalue weighted by Crippen LogP contribution is -2.15. The fourth-order valence-corrected chi connectivity index (χ4v) is 7.65. The smallest absolute Gasteiger partial charge is 0.136 e. The van der Waals surface area contributed by atoms with Gasteiger partial charge in [0.2, 0.25) is 0 Å². The molecule has 4 heteroatoms. The SMILES string of the molecule is [2H]C1C([2H])([2H])C([2H])([2H])C([2H])([2H])C([2H])([2H])C1([2H])c1ccc(-c2c(-c3ccccc3-c3ccccc3-c3ccccc3)ccc3oc4ccccc4c23)c(-c2ccnnn2)c1C1([2H])C([2H])C([2H])([2H])C([2H])([2H])C([2H])([2H])C1([2H])[2H]. The van der Waals surface area contributed by atoms with Crippen LogP contribution in [0.4, 0.5) is 0 Å². The Kier molecular flexibility index (Phi) is 5.00. The third kappa shape index (κ3) is 6.14. The average molecular weight is 736 g/mol. The molecule has 4 unspecified atom stereocenters. The summed E-state index contributed by atoms with van der Waals surface area (Å²) in [5.41, 5.74) is 1.62. The summed E-state index contributed by atoms with van der Waals surface area (Å²) < 4.78 is 192. The van der Waals surface area contributed by atoms with Crippen molar-refractivity contribution in [2.45, 2.75) is 75.6 Å². The third-order valence-electron chi connectivity index (χ3n) is 9.95. The molecule has 2 aliphatic carbocycles. The first-order valence-electron chi connectivity index (χ1n) is 27.9. The standard InChI is InChI=1S/C51H45N3O/c1-4-16-34(17-5-1)37-22-10-11-23-39(37)40-24-12-13-25-41(40)42-30-31-47-51(43-26-14-15-27-46(43)55-47)49(42)44-29-28-38(35-18-6-2-7-19-35)48(36-20-8-3-9-21-36)50(44)45-32-33-52-54-53-45/h1,4-5,10-17,22-33,35-36H,2-3,6-9,18-21H2/i2D2,3D2,6D2,7D2,8D2,9D2,18D,19D2,20D,21D2,35D,36D. The van der Waals surface area contributed by atoms with E-state index >= 15 is 0 Å². The fraction of sp³-hybridized carbons (Fsp3) is 0.235. The summed E-state index contributed by atoms with van der Waals surface area (Å²) in [5, 5.41) is 12.8. The van der Waals surface area contributed by atoms with Crippen LogP contribution >= 0.6 is 0 Å². The number of para-hydroxylation sites is 1. The van der Waals surface area contributed by atoms with Gasteiger partial charge in [0.25, 0.3) is 0 Å². The van der Waals surface area contributed by atoms with E-state index in [0.717, 1.165) is 29.0 Å². The van der Waals surface area contributed by atoms with Crippen LogP contribution in [0.5, 0.6) is 0 Å². The number of benzene rings is 6. The molecule has 0 saturated heterocycles. The Balaban J connectivity index is 1.45. The van der Waals surface area contributed by atoms with Crippen molar-refractivity contribution in [3.8, 4) is 55.8 Å².